The summed E-state index contributed by atoms with van der Waals surface area (Å²) in [5.41, 5.74) is -1.17. The van der Waals surface area contributed by atoms with E-state index in [0.29, 0.717) is 12.8 Å². The van der Waals surface area contributed by atoms with Crippen LogP contribution in [-0.2, 0) is 4.79 Å². The summed E-state index contributed by atoms with van der Waals surface area (Å²) in [5.74, 6) is -0.694. The summed E-state index contributed by atoms with van der Waals surface area (Å²) in [6.07, 6.45) is 2.92. The lowest BCUT2D eigenvalue weighted by Gasteiger charge is -2.38. The van der Waals surface area contributed by atoms with Crippen LogP contribution in [0.5, 0.6) is 0 Å². The van der Waals surface area contributed by atoms with Gasteiger partial charge in [0.05, 0.1) is 12.5 Å². The first-order valence-corrected chi connectivity index (χ1v) is 6.97. The molecule has 1 saturated carbocycles. The molecule has 3 unspecified atom stereocenters. The number of nitrogens with one attached hydrogen (secondary N) is 1. The SMILES string of the molecule is CC1CCCC(NC(=O)N(C)C(C)CC#N)(C(=O)O)C1. The molecule has 0 saturated heterocycles. The quantitative estimate of drug-likeness (QED) is 0.823. The Morgan fingerprint density at radius 2 is 2.25 bits per heavy atom. The van der Waals surface area contributed by atoms with Crippen molar-refractivity contribution in [3.05, 3.63) is 0 Å². The Morgan fingerprint density at radius 3 is 2.75 bits per heavy atom. The summed E-state index contributed by atoms with van der Waals surface area (Å²) in [7, 11) is 1.58. The minimum atomic E-state index is -1.17. The highest BCUT2D eigenvalue weighted by atomic mass is 16.4. The van der Waals surface area contributed by atoms with E-state index in [9.17, 15) is 14.7 Å². The molecule has 0 radical (unpaired) electrons. The fourth-order valence-corrected chi connectivity index (χ4v) is 2.67. The number of amides is 2. The third-order valence-corrected chi connectivity index (χ3v) is 4.12. The third-order valence-electron chi connectivity index (χ3n) is 4.12. The smallest absolute Gasteiger partial charge is 0.329 e. The van der Waals surface area contributed by atoms with Crippen molar-refractivity contribution in [1.29, 1.82) is 5.26 Å². The van der Waals surface area contributed by atoms with Gasteiger partial charge < -0.3 is 15.3 Å². The summed E-state index contributed by atoms with van der Waals surface area (Å²) in [6.45, 7) is 3.77. The monoisotopic (exact) mass is 281 g/mol. The van der Waals surface area contributed by atoms with E-state index in [1.165, 1.54) is 4.90 Å². The summed E-state index contributed by atoms with van der Waals surface area (Å²) >= 11 is 0. The van der Waals surface area contributed by atoms with E-state index in [2.05, 4.69) is 5.32 Å². The molecule has 1 aliphatic rings. The predicted octanol–water partition coefficient (Wildman–Crippen LogP) is 1.96. The number of urea groups is 1. The van der Waals surface area contributed by atoms with Crippen molar-refractivity contribution in [2.24, 2.45) is 5.92 Å². The van der Waals surface area contributed by atoms with Crippen molar-refractivity contribution in [3.8, 4) is 6.07 Å². The van der Waals surface area contributed by atoms with Gasteiger partial charge in [0.2, 0.25) is 0 Å². The van der Waals surface area contributed by atoms with Crippen molar-refractivity contribution in [2.45, 2.75) is 57.5 Å². The summed E-state index contributed by atoms with van der Waals surface area (Å²) < 4.78 is 0. The number of carboxylic acids is 1. The molecule has 3 atom stereocenters. The average Bonchev–Trinajstić information content (AvgIpc) is 2.37. The Bertz CT molecular complexity index is 418. The number of carbonyl (C=O) groups excluding carboxylic acids is 1. The number of aliphatic carboxylic acids is 1. The van der Waals surface area contributed by atoms with Crippen LogP contribution in [-0.4, -0.2) is 40.6 Å². The molecule has 20 heavy (non-hydrogen) atoms. The van der Waals surface area contributed by atoms with Crippen LogP contribution in [0, 0.1) is 17.2 Å². The summed E-state index contributed by atoms with van der Waals surface area (Å²) in [5, 5.41) is 20.8. The second kappa shape index (κ2) is 6.60. The maximum Gasteiger partial charge on any atom is 0.329 e. The van der Waals surface area contributed by atoms with Gasteiger partial charge in [-0.05, 0) is 25.7 Å². The molecule has 1 rings (SSSR count). The molecule has 0 aromatic heterocycles. The maximum atomic E-state index is 12.2. The maximum absolute atomic E-state index is 12.2. The fourth-order valence-electron chi connectivity index (χ4n) is 2.67. The van der Waals surface area contributed by atoms with Crippen LogP contribution in [0.3, 0.4) is 0 Å². The minimum absolute atomic E-state index is 0.223. The number of carbonyl (C=O) groups is 2. The molecule has 0 heterocycles. The van der Waals surface area contributed by atoms with Crippen molar-refractivity contribution >= 4 is 12.0 Å². The highest BCUT2D eigenvalue weighted by molar-refractivity contribution is 5.86. The Labute approximate surface area is 119 Å². The Hall–Kier alpha value is -1.77. The molecule has 0 aromatic rings. The first-order valence-electron chi connectivity index (χ1n) is 6.97. The van der Waals surface area contributed by atoms with Crippen molar-refractivity contribution in [3.63, 3.8) is 0 Å². The lowest BCUT2D eigenvalue weighted by Crippen LogP contribution is -2.60. The normalized spacial score (nSPS) is 27.2. The topological polar surface area (TPSA) is 93.4 Å². The molecule has 1 fully saturated rings. The zero-order chi connectivity index (χ0) is 15.3. The van der Waals surface area contributed by atoms with Crippen molar-refractivity contribution in [2.75, 3.05) is 7.05 Å². The lowest BCUT2D eigenvalue weighted by molar-refractivity contribution is -0.146. The zero-order valence-electron chi connectivity index (χ0n) is 12.3. The van der Waals surface area contributed by atoms with Crippen LogP contribution in [0.15, 0.2) is 0 Å². The average molecular weight is 281 g/mol. The van der Waals surface area contributed by atoms with Crippen molar-refractivity contribution < 1.29 is 14.7 Å². The van der Waals surface area contributed by atoms with Crippen LogP contribution in [0.25, 0.3) is 0 Å². The third kappa shape index (κ3) is 3.62. The van der Waals surface area contributed by atoms with Gasteiger partial charge in [-0.2, -0.15) is 5.26 Å². The molecule has 0 aliphatic heterocycles. The lowest BCUT2D eigenvalue weighted by atomic mass is 9.76. The van der Waals surface area contributed by atoms with Gasteiger partial charge >= 0.3 is 12.0 Å². The van der Waals surface area contributed by atoms with Gasteiger partial charge in [-0.3, -0.25) is 0 Å². The predicted molar refractivity (Wildman–Crippen MR) is 74.0 cm³/mol. The minimum Gasteiger partial charge on any atom is -0.480 e. The van der Waals surface area contributed by atoms with Crippen LogP contribution in [0.4, 0.5) is 4.79 Å². The molecule has 0 aromatic carbocycles. The Balaban J connectivity index is 2.78. The van der Waals surface area contributed by atoms with Gasteiger partial charge in [0.15, 0.2) is 0 Å². The Morgan fingerprint density at radius 1 is 1.60 bits per heavy atom. The second-order valence-electron chi connectivity index (χ2n) is 5.84. The van der Waals surface area contributed by atoms with Crippen LogP contribution in [0.1, 0.15) is 46.0 Å². The van der Waals surface area contributed by atoms with E-state index in [1.54, 1.807) is 14.0 Å². The molecular weight excluding hydrogens is 258 g/mol. The van der Waals surface area contributed by atoms with Gasteiger partial charge in [0.1, 0.15) is 5.54 Å². The van der Waals surface area contributed by atoms with E-state index in [1.807, 2.05) is 13.0 Å². The van der Waals surface area contributed by atoms with Gasteiger partial charge in [0.25, 0.3) is 0 Å². The molecule has 1 aliphatic carbocycles. The molecular formula is C14H23N3O3. The Kier molecular flexibility index (Phi) is 5.37. The van der Waals surface area contributed by atoms with E-state index >= 15 is 0 Å². The molecule has 0 bridgehead atoms. The first-order chi connectivity index (χ1) is 9.32. The number of carboxylic acid groups (broad SMARTS) is 1. The summed E-state index contributed by atoms with van der Waals surface area (Å²) in [4.78, 5) is 25.2. The summed E-state index contributed by atoms with van der Waals surface area (Å²) in [6, 6.07) is 1.34. The van der Waals surface area contributed by atoms with E-state index in [4.69, 9.17) is 5.26 Å². The fraction of sp³-hybridized carbons (Fsp3) is 0.786. The van der Waals surface area contributed by atoms with Gasteiger partial charge in [-0.15, -0.1) is 0 Å². The highest BCUT2D eigenvalue weighted by Gasteiger charge is 2.43. The number of rotatable bonds is 4. The molecule has 6 heteroatoms. The standard InChI is InChI=1S/C14H23N3O3/c1-10-5-4-7-14(9-10,12(18)19)16-13(20)17(3)11(2)6-8-15/h10-11H,4-7,9H2,1-3H3,(H,16,20)(H,18,19). The van der Waals surface area contributed by atoms with E-state index in [-0.39, 0.29) is 18.4 Å². The number of hydrogen-bond acceptors (Lipinski definition) is 3. The molecule has 2 N–H and O–H groups in total. The zero-order valence-corrected chi connectivity index (χ0v) is 12.3. The second-order valence-corrected chi connectivity index (χ2v) is 5.84. The van der Waals surface area contributed by atoms with Gasteiger partial charge in [-0.1, -0.05) is 19.8 Å². The van der Waals surface area contributed by atoms with Gasteiger partial charge in [-0.25, -0.2) is 9.59 Å². The number of hydrogen-bond donors (Lipinski definition) is 2. The van der Waals surface area contributed by atoms with Crippen LogP contribution >= 0.6 is 0 Å². The number of nitriles is 1. The molecule has 6 nitrogen and oxygen atoms in total. The largest absolute Gasteiger partial charge is 0.480 e. The molecule has 112 valence electrons. The van der Waals surface area contributed by atoms with Gasteiger partial charge in [0, 0.05) is 13.1 Å². The molecule has 0 spiro atoms. The van der Waals surface area contributed by atoms with Crippen LogP contribution < -0.4 is 5.32 Å². The van der Waals surface area contributed by atoms with Crippen molar-refractivity contribution in [1.82, 2.24) is 10.2 Å². The molecule has 2 amide bonds. The highest BCUT2D eigenvalue weighted by Crippen LogP contribution is 2.32. The van der Waals surface area contributed by atoms with Crippen LogP contribution in [0.2, 0.25) is 0 Å². The van der Waals surface area contributed by atoms with E-state index < -0.39 is 17.5 Å². The number of nitrogens with zero attached hydrogens (tertiary/aromatic N) is 2. The van der Waals surface area contributed by atoms with E-state index in [0.717, 1.165) is 12.8 Å². The first kappa shape index (κ1) is 16.3.